The van der Waals surface area contributed by atoms with Crippen LogP contribution in [-0.2, 0) is 18.7 Å². The Morgan fingerprint density at radius 3 is 1.51 bits per heavy atom. The smallest absolute Gasteiger partial charge is 0.306 e. The summed E-state index contributed by atoms with van der Waals surface area (Å²) in [6.45, 7) is 0. The van der Waals surface area contributed by atoms with Crippen molar-refractivity contribution in [2.24, 2.45) is 14.1 Å². The Labute approximate surface area is 333 Å². The molecule has 15 heteroatoms. The lowest BCUT2D eigenvalue weighted by atomic mass is 9.98. The number of pyridine rings is 2. The molecule has 0 aliphatic carbocycles. The minimum Gasteiger partial charge on any atom is -0.306 e. The fraction of sp³-hybridized carbons (Fsp3) is 0.0500. The van der Waals surface area contributed by atoms with E-state index in [0.29, 0.717) is 22.5 Å². The second-order valence-corrected chi connectivity index (χ2v) is 19.0. The topological polar surface area (TPSA) is 133 Å². The van der Waals surface area contributed by atoms with Crippen LogP contribution in [0.25, 0.3) is 66.3 Å². The van der Waals surface area contributed by atoms with Gasteiger partial charge in [-0.3, -0.25) is 33.3 Å². The van der Waals surface area contributed by atoms with Gasteiger partial charge in [-0.05, 0) is 114 Å². The van der Waals surface area contributed by atoms with Crippen LogP contribution in [-0.4, -0.2) is 29.1 Å². The number of nitrogens with one attached hydrogen (secondary N) is 1. The zero-order chi connectivity index (χ0) is 39.3. The molecule has 8 rings (SSSR count). The highest BCUT2D eigenvalue weighted by Gasteiger charge is 2.18. The van der Waals surface area contributed by atoms with Crippen molar-refractivity contribution in [1.29, 1.82) is 0 Å². The Kier molecular flexibility index (Phi) is 12.1. The summed E-state index contributed by atoms with van der Waals surface area (Å²) in [5.41, 5.74) is 4.25. The van der Waals surface area contributed by atoms with Gasteiger partial charge in [-0.15, -0.1) is 0 Å². The zero-order valence-electron chi connectivity index (χ0n) is 29.0. The first-order valence-corrected chi connectivity index (χ1v) is 21.2. The first-order chi connectivity index (χ1) is 26.3. The van der Waals surface area contributed by atoms with Gasteiger partial charge in [-0.25, -0.2) is 9.78 Å². The van der Waals surface area contributed by atoms with Crippen LogP contribution in [0.5, 0.6) is 0 Å². The average Bonchev–Trinajstić information content (AvgIpc) is 3.18. The molecule has 0 amide bonds. The van der Waals surface area contributed by atoms with E-state index < -0.39 is 10.9 Å². The molecule has 10 nitrogen and oxygen atoms in total. The second kappa shape index (κ2) is 17.0. The molecule has 0 aliphatic heterocycles. The highest BCUT2D eigenvalue weighted by molar-refractivity contribution is 8.24. The number of hydrogen-bond donors (Lipinski definition) is 1. The number of benzene rings is 4. The lowest BCUT2D eigenvalue weighted by molar-refractivity contribution is 0.600. The van der Waals surface area contributed by atoms with Gasteiger partial charge in [0.05, 0.1) is 22.5 Å². The van der Waals surface area contributed by atoms with Crippen LogP contribution < -0.4 is 16.8 Å². The Hall–Kier alpha value is -5.35. The first kappa shape index (κ1) is 39.3. The van der Waals surface area contributed by atoms with E-state index >= 15 is 0 Å². The molecule has 0 unspecified atom stereocenters. The van der Waals surface area contributed by atoms with Crippen molar-refractivity contribution < 1.29 is 4.57 Å². The molecule has 276 valence electrons. The van der Waals surface area contributed by atoms with E-state index in [4.69, 9.17) is 11.6 Å². The Bertz CT molecular complexity index is 2890. The van der Waals surface area contributed by atoms with Crippen molar-refractivity contribution >= 4 is 72.1 Å². The van der Waals surface area contributed by atoms with Gasteiger partial charge >= 0.3 is 10.9 Å². The normalized spacial score (nSPS) is 11.0. The third-order valence-corrected chi connectivity index (χ3v) is 8.88. The highest BCUT2D eigenvalue weighted by Crippen LogP contribution is 2.61. The summed E-state index contributed by atoms with van der Waals surface area (Å²) >= 11 is 20.0. The first-order valence-electron chi connectivity index (χ1n) is 16.4. The van der Waals surface area contributed by atoms with Crippen LogP contribution in [0.3, 0.4) is 0 Å². The summed E-state index contributed by atoms with van der Waals surface area (Å²) in [6.07, 6.45) is 6.61. The molecule has 55 heavy (non-hydrogen) atoms. The van der Waals surface area contributed by atoms with Crippen molar-refractivity contribution in [3.8, 4) is 44.8 Å². The van der Waals surface area contributed by atoms with E-state index in [0.717, 1.165) is 48.4 Å². The van der Waals surface area contributed by atoms with Gasteiger partial charge in [0.2, 0.25) is 5.28 Å². The van der Waals surface area contributed by atoms with Gasteiger partial charge in [-0.2, -0.15) is 0 Å². The minimum absolute atomic E-state index is 0.154. The maximum atomic E-state index is 12.9. The summed E-state index contributed by atoms with van der Waals surface area (Å²) in [7, 11) is 3.10. The molecule has 0 fully saturated rings. The third-order valence-electron chi connectivity index (χ3n) is 8.54. The number of halogens is 4. The fourth-order valence-electron chi connectivity index (χ4n) is 5.87. The van der Waals surface area contributed by atoms with Crippen LogP contribution in [0.2, 0.25) is 5.28 Å². The maximum absolute atomic E-state index is 12.9. The summed E-state index contributed by atoms with van der Waals surface area (Å²) in [4.78, 5) is 53.2. The van der Waals surface area contributed by atoms with E-state index in [1.54, 1.807) is 44.0 Å². The third kappa shape index (κ3) is 9.31. The van der Waals surface area contributed by atoms with Gasteiger partial charge in [-0.1, -0.05) is 72.8 Å². The van der Waals surface area contributed by atoms with Gasteiger partial charge in [0.1, 0.15) is 0 Å². The molecule has 0 spiro atoms. The largest absolute Gasteiger partial charge is 0.339 e. The predicted octanol–water partition coefficient (Wildman–Crippen LogP) is 10.1. The number of aromatic amines is 1. The Morgan fingerprint density at radius 1 is 0.564 bits per heavy atom. The van der Waals surface area contributed by atoms with Gasteiger partial charge in [0.25, 0.3) is 11.1 Å². The molecule has 1 N–H and O–H groups in total. The van der Waals surface area contributed by atoms with E-state index in [1.165, 1.54) is 11.6 Å². The summed E-state index contributed by atoms with van der Waals surface area (Å²) in [5, 5.41) is 1.25. The van der Waals surface area contributed by atoms with Gasteiger partial charge < -0.3 is 4.98 Å². The molecule has 0 bridgehead atoms. The van der Waals surface area contributed by atoms with Crippen molar-refractivity contribution in [3.63, 3.8) is 0 Å². The number of H-pyrrole nitrogens is 1. The monoisotopic (exact) mass is 828 g/mol. The number of aromatic nitrogens is 6. The Morgan fingerprint density at radius 2 is 1.00 bits per heavy atom. The quantitative estimate of drug-likeness (QED) is 0.138. The minimum atomic E-state index is -3.22. The van der Waals surface area contributed by atoms with E-state index in [9.17, 15) is 18.9 Å². The molecule has 0 radical (unpaired) electrons. The molecular formula is C40H29Cl4N6O4P. The molecular weight excluding hydrogens is 801 g/mol. The van der Waals surface area contributed by atoms with Crippen LogP contribution in [0.1, 0.15) is 0 Å². The van der Waals surface area contributed by atoms with Crippen LogP contribution in [0.15, 0.2) is 148 Å². The highest BCUT2D eigenvalue weighted by atomic mass is 36.0. The lowest BCUT2D eigenvalue weighted by Crippen LogP contribution is -2.34. The molecule has 8 aromatic rings. The van der Waals surface area contributed by atoms with Gasteiger partial charge in [0, 0.05) is 50.0 Å². The van der Waals surface area contributed by atoms with E-state index in [2.05, 4.69) is 53.7 Å². The summed E-state index contributed by atoms with van der Waals surface area (Å²) < 4.78 is 12.0. The fourth-order valence-corrected chi connectivity index (χ4v) is 6.03. The molecule has 4 heterocycles. The lowest BCUT2D eigenvalue weighted by Gasteiger charge is -2.12. The zero-order valence-corrected chi connectivity index (χ0v) is 32.9. The molecule has 4 aromatic carbocycles. The summed E-state index contributed by atoms with van der Waals surface area (Å²) in [6, 6.07) is 35.0. The molecule has 0 aliphatic rings. The van der Waals surface area contributed by atoms with Crippen molar-refractivity contribution in [2.45, 2.75) is 0 Å². The SMILES string of the molecule is Cn1c(=O)[nH]c(-c2ccncc2)c(-c2ccc3ccccc3c2)c1=O.Cn1c(Cl)nc(-c2ccncc2)c(-c2ccc3ccccc3c2)c1=O.O=P(Cl)(Cl)Cl. The molecule has 0 saturated carbocycles. The van der Waals surface area contributed by atoms with Crippen molar-refractivity contribution in [3.05, 3.63) is 170 Å². The van der Waals surface area contributed by atoms with E-state index in [1.807, 2.05) is 97.1 Å². The maximum Gasteiger partial charge on any atom is 0.339 e. The van der Waals surface area contributed by atoms with Crippen LogP contribution in [0, 0.1) is 0 Å². The van der Waals surface area contributed by atoms with E-state index in [-0.39, 0.29) is 16.4 Å². The number of rotatable bonds is 4. The van der Waals surface area contributed by atoms with Crippen molar-refractivity contribution in [2.75, 3.05) is 0 Å². The van der Waals surface area contributed by atoms with Crippen LogP contribution >= 0.6 is 50.5 Å². The number of nitrogens with zero attached hydrogens (tertiary/aromatic N) is 5. The summed E-state index contributed by atoms with van der Waals surface area (Å²) in [5.74, 6) is 0. The standard InChI is InChI=1S/C20H14ClN3O.C20H15N3O2.Cl3OP/c1-24-19(25)17(16-7-6-13-4-2-3-5-15(13)12-16)18(23-20(24)21)14-8-10-22-11-9-14;1-23-19(24)17(16-7-6-13-4-2-3-5-15(13)12-16)18(22-20(23)25)14-8-10-21-11-9-14;1-5(2,3)4/h2-12H,1H3;2-12H,1H3,(H,22,25);. The molecule has 0 saturated heterocycles. The second-order valence-electron chi connectivity index (χ2n) is 12.0. The number of hydrogen-bond acceptors (Lipinski definition) is 7. The molecule has 0 atom stereocenters. The predicted molar refractivity (Wildman–Crippen MR) is 224 cm³/mol. The average molecular weight is 830 g/mol. The Balaban J connectivity index is 0.000000167. The molecule has 4 aromatic heterocycles. The van der Waals surface area contributed by atoms with Crippen molar-refractivity contribution in [1.82, 2.24) is 29.1 Å². The van der Waals surface area contributed by atoms with Gasteiger partial charge in [0.15, 0.2) is 0 Å². The van der Waals surface area contributed by atoms with Crippen LogP contribution in [0.4, 0.5) is 0 Å². The number of fused-ring (bicyclic) bond motifs is 2.